The third kappa shape index (κ3) is 3.88. The molecule has 2 atom stereocenters. The lowest BCUT2D eigenvalue weighted by Gasteiger charge is -2.34. The van der Waals surface area contributed by atoms with Crippen molar-refractivity contribution in [3.8, 4) is 0 Å². The molecule has 2 aliphatic heterocycles. The predicted molar refractivity (Wildman–Crippen MR) is 103 cm³/mol. The molecule has 4 rings (SSSR count). The van der Waals surface area contributed by atoms with E-state index in [1.807, 2.05) is 31.2 Å². The zero-order valence-corrected chi connectivity index (χ0v) is 15.7. The van der Waals surface area contributed by atoms with Crippen molar-refractivity contribution in [1.29, 1.82) is 0 Å². The van der Waals surface area contributed by atoms with Gasteiger partial charge in [-0.3, -0.25) is 14.7 Å². The molecule has 1 amide bonds. The normalized spacial score (nSPS) is 26.1. The summed E-state index contributed by atoms with van der Waals surface area (Å²) in [6, 6.07) is 12.8. The number of halogens is 1. The first kappa shape index (κ1) is 18.1. The van der Waals surface area contributed by atoms with Gasteiger partial charge in [0.1, 0.15) is 5.82 Å². The van der Waals surface area contributed by atoms with Gasteiger partial charge in [-0.1, -0.05) is 24.6 Å². The van der Waals surface area contributed by atoms with E-state index in [-0.39, 0.29) is 23.2 Å². The maximum atomic E-state index is 13.2. The standard InChI is InChI=1S/C22H26FN3O/c1-16-5-4-6-20(24-16)19-14-26(13-17-8-10-18(23)11-9-17)15-22(19)12-3-2-7-21(27)25-22/h4-6,8-11,19H,2-3,7,12-15H2,1H3,(H,25,27)/t19-,22+/m0/s1. The van der Waals surface area contributed by atoms with Gasteiger partial charge >= 0.3 is 0 Å². The van der Waals surface area contributed by atoms with Crippen LogP contribution in [0.2, 0.25) is 0 Å². The van der Waals surface area contributed by atoms with Crippen molar-refractivity contribution in [2.75, 3.05) is 13.1 Å². The highest BCUT2D eigenvalue weighted by Crippen LogP contribution is 2.40. The van der Waals surface area contributed by atoms with Crippen LogP contribution in [0.3, 0.4) is 0 Å². The van der Waals surface area contributed by atoms with Crippen LogP contribution in [0.25, 0.3) is 0 Å². The number of hydrogen-bond acceptors (Lipinski definition) is 3. The van der Waals surface area contributed by atoms with Crippen LogP contribution >= 0.6 is 0 Å². The second-order valence-electron chi connectivity index (χ2n) is 7.96. The Labute approximate surface area is 159 Å². The minimum Gasteiger partial charge on any atom is -0.349 e. The Morgan fingerprint density at radius 1 is 1.22 bits per heavy atom. The third-order valence-electron chi connectivity index (χ3n) is 5.86. The van der Waals surface area contributed by atoms with Gasteiger partial charge in [0, 0.05) is 43.4 Å². The Hall–Kier alpha value is -2.27. The summed E-state index contributed by atoms with van der Waals surface area (Å²) in [7, 11) is 0. The molecule has 2 saturated heterocycles. The van der Waals surface area contributed by atoms with Gasteiger partial charge in [-0.05, 0) is 49.6 Å². The summed E-state index contributed by atoms with van der Waals surface area (Å²) < 4.78 is 13.2. The fourth-order valence-electron chi connectivity index (χ4n) is 4.62. The first-order chi connectivity index (χ1) is 13.0. The number of aromatic nitrogens is 1. The number of hydrogen-bond donors (Lipinski definition) is 1. The molecule has 1 N–H and O–H groups in total. The number of benzene rings is 1. The van der Waals surface area contributed by atoms with E-state index in [0.717, 1.165) is 55.8 Å². The number of nitrogens with zero attached hydrogens (tertiary/aromatic N) is 2. The molecular formula is C22H26FN3O. The number of pyridine rings is 1. The van der Waals surface area contributed by atoms with E-state index in [9.17, 15) is 9.18 Å². The van der Waals surface area contributed by atoms with Crippen molar-refractivity contribution in [2.45, 2.75) is 50.6 Å². The first-order valence-electron chi connectivity index (χ1n) is 9.75. The van der Waals surface area contributed by atoms with Crippen molar-refractivity contribution in [3.63, 3.8) is 0 Å². The number of nitrogens with one attached hydrogen (secondary N) is 1. The van der Waals surface area contributed by atoms with Gasteiger partial charge in [0.05, 0.1) is 5.54 Å². The summed E-state index contributed by atoms with van der Waals surface area (Å²) in [6.07, 6.45) is 3.57. The van der Waals surface area contributed by atoms with Gasteiger partial charge in [0.2, 0.25) is 5.91 Å². The van der Waals surface area contributed by atoms with E-state index in [1.54, 1.807) is 0 Å². The highest BCUT2D eigenvalue weighted by atomic mass is 19.1. The maximum absolute atomic E-state index is 13.2. The Morgan fingerprint density at radius 3 is 2.81 bits per heavy atom. The minimum atomic E-state index is -0.269. The lowest BCUT2D eigenvalue weighted by molar-refractivity contribution is -0.122. The zero-order valence-electron chi connectivity index (χ0n) is 15.7. The average Bonchev–Trinajstić information content (AvgIpc) is 2.86. The van der Waals surface area contributed by atoms with Gasteiger partial charge in [0.15, 0.2) is 0 Å². The van der Waals surface area contributed by atoms with Crippen LogP contribution in [0.1, 0.15) is 48.6 Å². The molecule has 0 bridgehead atoms. The summed E-state index contributed by atoms with van der Waals surface area (Å²) in [5.41, 5.74) is 2.87. The third-order valence-corrected chi connectivity index (χ3v) is 5.86. The molecule has 2 aliphatic rings. The summed E-state index contributed by atoms with van der Waals surface area (Å²) in [6.45, 7) is 4.40. The summed E-state index contributed by atoms with van der Waals surface area (Å²) in [4.78, 5) is 19.6. The molecule has 2 aromatic rings. The zero-order chi connectivity index (χ0) is 18.9. The number of likely N-dealkylation sites (tertiary alicyclic amines) is 1. The molecule has 0 saturated carbocycles. The largest absolute Gasteiger partial charge is 0.349 e. The van der Waals surface area contributed by atoms with Crippen LogP contribution in [-0.2, 0) is 11.3 Å². The Balaban J connectivity index is 1.63. The van der Waals surface area contributed by atoms with Gasteiger partial charge in [-0.25, -0.2) is 4.39 Å². The fourth-order valence-corrected chi connectivity index (χ4v) is 4.62. The highest BCUT2D eigenvalue weighted by Gasteiger charge is 2.49. The molecule has 1 aromatic carbocycles. The van der Waals surface area contributed by atoms with E-state index >= 15 is 0 Å². The average molecular weight is 367 g/mol. The van der Waals surface area contributed by atoms with E-state index in [0.29, 0.717) is 6.42 Å². The van der Waals surface area contributed by atoms with Crippen LogP contribution < -0.4 is 5.32 Å². The molecule has 1 spiro atoms. The number of amides is 1. The molecule has 1 aromatic heterocycles. The molecule has 27 heavy (non-hydrogen) atoms. The minimum absolute atomic E-state index is 0.147. The maximum Gasteiger partial charge on any atom is 0.220 e. The van der Waals surface area contributed by atoms with Gasteiger partial charge < -0.3 is 5.32 Å². The van der Waals surface area contributed by atoms with Crippen molar-refractivity contribution in [1.82, 2.24) is 15.2 Å². The quantitative estimate of drug-likeness (QED) is 0.902. The summed E-state index contributed by atoms with van der Waals surface area (Å²) >= 11 is 0. The smallest absolute Gasteiger partial charge is 0.220 e. The molecule has 5 heteroatoms. The van der Waals surface area contributed by atoms with Crippen molar-refractivity contribution in [2.24, 2.45) is 0 Å². The number of aryl methyl sites for hydroxylation is 1. The van der Waals surface area contributed by atoms with E-state index in [4.69, 9.17) is 4.98 Å². The molecule has 142 valence electrons. The van der Waals surface area contributed by atoms with Crippen LogP contribution in [0.4, 0.5) is 4.39 Å². The Morgan fingerprint density at radius 2 is 2.04 bits per heavy atom. The van der Waals surface area contributed by atoms with Crippen molar-refractivity contribution < 1.29 is 9.18 Å². The van der Waals surface area contributed by atoms with Crippen LogP contribution in [0, 0.1) is 12.7 Å². The second kappa shape index (κ2) is 7.39. The van der Waals surface area contributed by atoms with E-state index in [2.05, 4.69) is 16.3 Å². The van der Waals surface area contributed by atoms with E-state index in [1.165, 1.54) is 12.1 Å². The number of carbonyl (C=O) groups excluding carboxylic acids is 1. The highest BCUT2D eigenvalue weighted by molar-refractivity contribution is 5.77. The van der Waals surface area contributed by atoms with Crippen molar-refractivity contribution >= 4 is 5.91 Å². The van der Waals surface area contributed by atoms with Crippen LogP contribution in [0.15, 0.2) is 42.5 Å². The van der Waals surface area contributed by atoms with Crippen LogP contribution in [-0.4, -0.2) is 34.4 Å². The van der Waals surface area contributed by atoms with Gasteiger partial charge in [0.25, 0.3) is 0 Å². The lowest BCUT2D eigenvalue weighted by atomic mass is 9.81. The Bertz CT molecular complexity index is 823. The molecule has 4 nitrogen and oxygen atoms in total. The number of rotatable bonds is 3. The molecule has 0 unspecified atom stereocenters. The predicted octanol–water partition coefficient (Wildman–Crippen LogP) is 3.56. The van der Waals surface area contributed by atoms with Gasteiger partial charge in [-0.2, -0.15) is 0 Å². The monoisotopic (exact) mass is 367 g/mol. The summed E-state index contributed by atoms with van der Waals surface area (Å²) in [5.74, 6) is 0.100. The molecule has 3 heterocycles. The second-order valence-corrected chi connectivity index (χ2v) is 7.96. The van der Waals surface area contributed by atoms with E-state index < -0.39 is 0 Å². The van der Waals surface area contributed by atoms with Gasteiger partial charge in [-0.15, -0.1) is 0 Å². The first-order valence-corrected chi connectivity index (χ1v) is 9.75. The summed E-state index contributed by atoms with van der Waals surface area (Å²) in [5, 5.41) is 3.37. The molecule has 0 aliphatic carbocycles. The Kier molecular flexibility index (Phi) is 4.96. The topological polar surface area (TPSA) is 45.2 Å². The fraction of sp³-hybridized carbons (Fsp3) is 0.455. The SMILES string of the molecule is Cc1cccc([C@@H]2CN(Cc3ccc(F)cc3)C[C@]23CCCCC(=O)N3)n1. The molecular weight excluding hydrogens is 341 g/mol. The molecule has 0 radical (unpaired) electrons. The number of carbonyl (C=O) groups is 1. The lowest BCUT2D eigenvalue weighted by Crippen LogP contribution is -2.52. The van der Waals surface area contributed by atoms with Crippen LogP contribution in [0.5, 0.6) is 0 Å². The molecule has 2 fully saturated rings. The van der Waals surface area contributed by atoms with Crippen molar-refractivity contribution in [3.05, 3.63) is 65.2 Å².